The van der Waals surface area contributed by atoms with Crippen LogP contribution in [-0.2, 0) is 27.5 Å². The molecule has 208 valence electrons. The highest BCUT2D eigenvalue weighted by atomic mass is 32.2. The van der Waals surface area contributed by atoms with Crippen molar-refractivity contribution in [3.63, 3.8) is 0 Å². The summed E-state index contributed by atoms with van der Waals surface area (Å²) in [7, 11) is -4.00. The van der Waals surface area contributed by atoms with E-state index in [2.05, 4.69) is 10.5 Å². The van der Waals surface area contributed by atoms with Crippen LogP contribution in [0, 0.1) is 13.8 Å². The maximum atomic E-state index is 13.6. The molecule has 40 heavy (non-hydrogen) atoms. The quantitative estimate of drug-likeness (QED) is 0.215. The van der Waals surface area contributed by atoms with Gasteiger partial charge >= 0.3 is 6.18 Å². The van der Waals surface area contributed by atoms with Crippen molar-refractivity contribution in [3.8, 4) is 5.69 Å². The number of para-hydroxylation sites is 1. The van der Waals surface area contributed by atoms with Gasteiger partial charge in [-0.2, -0.15) is 22.6 Å². The number of amides is 1. The van der Waals surface area contributed by atoms with Crippen molar-refractivity contribution in [1.82, 2.24) is 14.3 Å². The number of halogens is 3. The molecule has 0 saturated heterocycles. The van der Waals surface area contributed by atoms with Crippen molar-refractivity contribution in [2.24, 2.45) is 5.10 Å². The molecule has 1 aromatic heterocycles. The molecule has 11 heteroatoms. The van der Waals surface area contributed by atoms with E-state index in [4.69, 9.17) is 0 Å². The zero-order chi connectivity index (χ0) is 28.9. The van der Waals surface area contributed by atoms with Gasteiger partial charge in [-0.1, -0.05) is 60.7 Å². The summed E-state index contributed by atoms with van der Waals surface area (Å²) >= 11 is 0. The molecule has 1 N–H and O–H groups in total. The van der Waals surface area contributed by atoms with E-state index >= 15 is 0 Å². The summed E-state index contributed by atoms with van der Waals surface area (Å²) in [5.74, 6) is -0.678. The van der Waals surface area contributed by atoms with Gasteiger partial charge in [0, 0.05) is 23.5 Å². The average Bonchev–Trinajstić information content (AvgIpc) is 3.21. The molecular weight excluding hydrogens is 541 g/mol. The van der Waals surface area contributed by atoms with E-state index in [1.807, 2.05) is 0 Å². The van der Waals surface area contributed by atoms with Gasteiger partial charge in [-0.15, -0.1) is 0 Å². The van der Waals surface area contributed by atoms with Crippen LogP contribution in [0.4, 0.5) is 13.2 Å². The molecule has 0 fully saturated rings. The second-order valence-corrected chi connectivity index (χ2v) is 11.0. The number of hydrogen-bond donors (Lipinski definition) is 1. The van der Waals surface area contributed by atoms with Gasteiger partial charge in [0.15, 0.2) is 0 Å². The molecular formula is C29H27F3N4O3S. The number of carbonyl (C=O) groups excluding carboxylic acids is 1. The lowest BCUT2D eigenvalue weighted by atomic mass is 10.1. The van der Waals surface area contributed by atoms with E-state index in [0.29, 0.717) is 22.5 Å². The van der Waals surface area contributed by atoms with Gasteiger partial charge in [-0.3, -0.25) is 4.79 Å². The fraction of sp³-hybridized carbons (Fsp3) is 0.172. The number of aryl methyl sites for hydroxylation is 1. The van der Waals surface area contributed by atoms with Crippen molar-refractivity contribution in [1.29, 1.82) is 0 Å². The summed E-state index contributed by atoms with van der Waals surface area (Å²) in [6, 6.07) is 23.6. The van der Waals surface area contributed by atoms with Crippen molar-refractivity contribution in [3.05, 3.63) is 119 Å². The summed E-state index contributed by atoms with van der Waals surface area (Å²) in [6.07, 6.45) is -3.21. The SMILES string of the molecule is Cc1cc(/C=N\NC(=O)CN(Cc2ccccc2)S(=O)(=O)c2ccccc2)c(C)n1-c1ccccc1C(F)(F)F. The Balaban J connectivity index is 1.53. The minimum atomic E-state index is -4.53. The Kier molecular flexibility index (Phi) is 8.55. The first-order valence-electron chi connectivity index (χ1n) is 12.2. The van der Waals surface area contributed by atoms with Crippen LogP contribution >= 0.6 is 0 Å². The molecule has 0 aliphatic carbocycles. The number of benzene rings is 3. The number of aromatic nitrogens is 1. The number of hydrazone groups is 1. The first kappa shape index (κ1) is 28.8. The van der Waals surface area contributed by atoms with Crippen LogP contribution in [-0.4, -0.2) is 36.0 Å². The summed E-state index contributed by atoms with van der Waals surface area (Å²) < 4.78 is 69.9. The highest BCUT2D eigenvalue weighted by molar-refractivity contribution is 7.89. The molecule has 0 saturated carbocycles. The monoisotopic (exact) mass is 568 g/mol. The number of nitrogens with zero attached hydrogens (tertiary/aromatic N) is 3. The van der Waals surface area contributed by atoms with Crippen LogP contribution in [0.3, 0.4) is 0 Å². The molecule has 3 aromatic carbocycles. The predicted octanol–water partition coefficient (Wildman–Crippen LogP) is 5.45. The lowest BCUT2D eigenvalue weighted by Gasteiger charge is -2.21. The van der Waals surface area contributed by atoms with Crippen molar-refractivity contribution in [2.75, 3.05) is 6.54 Å². The number of alkyl halides is 3. The summed E-state index contributed by atoms with van der Waals surface area (Å²) in [5.41, 5.74) is 3.78. The first-order valence-corrected chi connectivity index (χ1v) is 13.7. The fourth-order valence-corrected chi connectivity index (χ4v) is 5.73. The Bertz CT molecular complexity index is 1620. The third-order valence-electron chi connectivity index (χ3n) is 6.22. The van der Waals surface area contributed by atoms with E-state index in [1.54, 1.807) is 68.4 Å². The Morgan fingerprint density at radius 1 is 0.950 bits per heavy atom. The highest BCUT2D eigenvalue weighted by Crippen LogP contribution is 2.35. The molecule has 4 aromatic rings. The zero-order valence-electron chi connectivity index (χ0n) is 21.8. The molecule has 0 radical (unpaired) electrons. The lowest BCUT2D eigenvalue weighted by Crippen LogP contribution is -2.39. The van der Waals surface area contributed by atoms with Crippen LogP contribution in [0.5, 0.6) is 0 Å². The topological polar surface area (TPSA) is 83.8 Å². The fourth-order valence-electron chi connectivity index (χ4n) is 4.32. The van der Waals surface area contributed by atoms with Gasteiger partial charge in [0.05, 0.1) is 28.9 Å². The number of sulfonamides is 1. The standard InChI is InChI=1S/C29H27F3N4O3S/c1-21-17-24(22(2)36(21)27-16-10-9-15-26(27)29(30,31)32)18-33-34-28(37)20-35(19-23-11-5-3-6-12-23)40(38,39)25-13-7-4-8-14-25/h3-18H,19-20H2,1-2H3,(H,34,37)/b33-18-. The smallest absolute Gasteiger partial charge is 0.317 e. The Morgan fingerprint density at radius 3 is 2.20 bits per heavy atom. The van der Waals surface area contributed by atoms with Crippen LogP contribution in [0.2, 0.25) is 0 Å². The predicted molar refractivity (Wildman–Crippen MR) is 146 cm³/mol. The Labute approximate surface area is 230 Å². The Hall–Kier alpha value is -4.22. The van der Waals surface area contributed by atoms with Crippen molar-refractivity contribution < 1.29 is 26.4 Å². The Morgan fingerprint density at radius 2 is 1.55 bits per heavy atom. The van der Waals surface area contributed by atoms with Crippen molar-refractivity contribution >= 4 is 22.1 Å². The largest absolute Gasteiger partial charge is 0.418 e. The summed E-state index contributed by atoms with van der Waals surface area (Å²) in [6.45, 7) is 2.79. The van der Waals surface area contributed by atoms with Crippen molar-refractivity contribution in [2.45, 2.75) is 31.5 Å². The molecule has 0 aliphatic heterocycles. The molecule has 7 nitrogen and oxygen atoms in total. The highest BCUT2D eigenvalue weighted by Gasteiger charge is 2.34. The van der Waals surface area contributed by atoms with Crippen LogP contribution < -0.4 is 5.43 Å². The van der Waals surface area contributed by atoms with Crippen LogP contribution in [0.25, 0.3) is 5.69 Å². The summed E-state index contributed by atoms with van der Waals surface area (Å²) in [4.78, 5) is 12.8. The van der Waals surface area contributed by atoms with Gasteiger partial charge < -0.3 is 4.57 Å². The number of carbonyl (C=O) groups is 1. The minimum absolute atomic E-state index is 0.0173. The second-order valence-electron chi connectivity index (χ2n) is 9.04. The molecule has 1 amide bonds. The van der Waals surface area contributed by atoms with Gasteiger partial charge in [0.2, 0.25) is 10.0 Å². The number of nitrogens with one attached hydrogen (secondary N) is 1. The zero-order valence-corrected chi connectivity index (χ0v) is 22.6. The molecule has 0 atom stereocenters. The molecule has 0 spiro atoms. The van der Waals surface area contributed by atoms with Crippen LogP contribution in [0.15, 0.2) is 101 Å². The molecule has 4 rings (SSSR count). The number of rotatable bonds is 9. The van der Waals surface area contributed by atoms with E-state index in [9.17, 15) is 26.4 Å². The first-order chi connectivity index (χ1) is 19.0. The maximum absolute atomic E-state index is 13.6. The minimum Gasteiger partial charge on any atom is -0.317 e. The molecule has 0 bridgehead atoms. The van der Waals surface area contributed by atoms with Gasteiger partial charge in [-0.05, 0) is 49.7 Å². The molecule has 0 unspecified atom stereocenters. The average molecular weight is 569 g/mol. The normalized spacial score (nSPS) is 12.2. The lowest BCUT2D eigenvalue weighted by molar-refractivity contribution is -0.137. The van der Waals surface area contributed by atoms with Gasteiger partial charge in [-0.25, -0.2) is 13.8 Å². The van der Waals surface area contributed by atoms with E-state index in [0.717, 1.165) is 10.4 Å². The molecule has 0 aliphatic rings. The molecule has 1 heterocycles. The van der Waals surface area contributed by atoms with Crippen LogP contribution in [0.1, 0.15) is 28.1 Å². The van der Waals surface area contributed by atoms with Gasteiger partial charge in [0.25, 0.3) is 5.91 Å². The van der Waals surface area contributed by atoms with E-state index < -0.39 is 34.2 Å². The van der Waals surface area contributed by atoms with E-state index in [1.165, 1.54) is 41.1 Å². The third kappa shape index (κ3) is 6.49. The third-order valence-corrected chi connectivity index (χ3v) is 8.02. The number of hydrogen-bond acceptors (Lipinski definition) is 4. The second kappa shape index (κ2) is 11.9. The van der Waals surface area contributed by atoms with Gasteiger partial charge in [0.1, 0.15) is 0 Å². The summed E-state index contributed by atoms with van der Waals surface area (Å²) in [5, 5.41) is 3.95. The maximum Gasteiger partial charge on any atom is 0.418 e. The van der Waals surface area contributed by atoms with E-state index in [-0.39, 0.29) is 17.1 Å².